The van der Waals surface area contributed by atoms with Gasteiger partial charge in [0.2, 0.25) is 0 Å². The molecule has 0 rings (SSSR count). The molecule has 0 aromatic rings. The molecule has 0 fully saturated rings. The van der Waals surface area contributed by atoms with Crippen LogP contribution >= 0.6 is 22.6 Å². The third-order valence-electron chi connectivity index (χ3n) is 1.35. The summed E-state index contributed by atoms with van der Waals surface area (Å²) in [4.78, 5) is 10.3. The molecule has 0 bridgehead atoms. The lowest BCUT2D eigenvalue weighted by molar-refractivity contribution is -0.173. The van der Waals surface area contributed by atoms with Gasteiger partial charge in [0, 0.05) is 6.54 Å². The average molecular weight is 309 g/mol. The molecule has 0 spiro atoms. The van der Waals surface area contributed by atoms with Crippen molar-refractivity contribution in [2.24, 2.45) is 0 Å². The number of unbranched alkanes of at least 4 members (excludes halogenated alkanes) is 2. The van der Waals surface area contributed by atoms with Gasteiger partial charge in [-0.2, -0.15) is 13.2 Å². The average Bonchev–Trinajstić information content (AvgIpc) is 2.02. The normalized spacial score (nSPS) is 11.4. The van der Waals surface area contributed by atoms with Crippen LogP contribution in [0.15, 0.2) is 0 Å². The molecule has 1 N–H and O–H groups in total. The monoisotopic (exact) mass is 309 g/mol. The number of halogens is 4. The Morgan fingerprint density at radius 2 is 1.85 bits per heavy atom. The first-order chi connectivity index (χ1) is 5.98. The van der Waals surface area contributed by atoms with Crippen molar-refractivity contribution in [2.75, 3.05) is 11.0 Å². The number of carbonyl (C=O) groups excluding carboxylic acids is 1. The van der Waals surface area contributed by atoms with Crippen molar-refractivity contribution < 1.29 is 18.0 Å². The smallest absolute Gasteiger partial charge is 0.348 e. The molecular formula is C7H11F3INO. The molecule has 2 nitrogen and oxygen atoms in total. The highest BCUT2D eigenvalue weighted by molar-refractivity contribution is 14.1. The van der Waals surface area contributed by atoms with Crippen LogP contribution in [0.3, 0.4) is 0 Å². The molecule has 0 heterocycles. The van der Waals surface area contributed by atoms with Crippen LogP contribution in [0.2, 0.25) is 0 Å². The van der Waals surface area contributed by atoms with Crippen LogP contribution in [0.1, 0.15) is 19.3 Å². The van der Waals surface area contributed by atoms with Gasteiger partial charge in [-0.05, 0) is 17.3 Å². The van der Waals surface area contributed by atoms with Crippen molar-refractivity contribution in [2.45, 2.75) is 25.4 Å². The molecule has 0 saturated carbocycles. The van der Waals surface area contributed by atoms with Crippen LogP contribution < -0.4 is 5.32 Å². The molecule has 0 aliphatic carbocycles. The van der Waals surface area contributed by atoms with Gasteiger partial charge in [-0.15, -0.1) is 0 Å². The number of carbonyl (C=O) groups is 1. The van der Waals surface area contributed by atoms with E-state index in [1.165, 1.54) is 0 Å². The zero-order valence-corrected chi connectivity index (χ0v) is 9.11. The lowest BCUT2D eigenvalue weighted by atomic mass is 10.2. The Bertz CT molecular complexity index is 160. The summed E-state index contributed by atoms with van der Waals surface area (Å²) in [5.41, 5.74) is 0. The molecule has 0 radical (unpaired) electrons. The van der Waals surface area contributed by atoms with E-state index in [-0.39, 0.29) is 6.54 Å². The Kier molecular flexibility index (Phi) is 6.44. The second kappa shape index (κ2) is 6.44. The summed E-state index contributed by atoms with van der Waals surface area (Å²) in [7, 11) is 0. The predicted molar refractivity (Wildman–Crippen MR) is 51.8 cm³/mol. The van der Waals surface area contributed by atoms with Gasteiger partial charge in [-0.25, -0.2) is 0 Å². The van der Waals surface area contributed by atoms with Crippen molar-refractivity contribution in [3.8, 4) is 0 Å². The molecule has 0 saturated heterocycles. The summed E-state index contributed by atoms with van der Waals surface area (Å²) in [6.45, 7) is 0.106. The van der Waals surface area contributed by atoms with E-state index in [4.69, 9.17) is 0 Å². The van der Waals surface area contributed by atoms with E-state index in [1.807, 2.05) is 5.32 Å². The van der Waals surface area contributed by atoms with E-state index >= 15 is 0 Å². The highest BCUT2D eigenvalue weighted by atomic mass is 127. The zero-order valence-electron chi connectivity index (χ0n) is 6.96. The molecule has 78 valence electrons. The molecule has 0 aromatic heterocycles. The summed E-state index contributed by atoms with van der Waals surface area (Å²) in [5, 5.41) is 1.82. The second-order valence-electron chi connectivity index (χ2n) is 2.50. The number of hydrogen-bond donors (Lipinski definition) is 1. The van der Waals surface area contributed by atoms with Crippen LogP contribution in [-0.2, 0) is 4.79 Å². The first-order valence-corrected chi connectivity index (χ1v) is 5.42. The van der Waals surface area contributed by atoms with E-state index in [0.717, 1.165) is 17.3 Å². The maximum Gasteiger partial charge on any atom is 0.471 e. The minimum atomic E-state index is -4.75. The third-order valence-corrected chi connectivity index (χ3v) is 2.12. The van der Waals surface area contributed by atoms with Gasteiger partial charge in [0.05, 0.1) is 0 Å². The van der Waals surface area contributed by atoms with Crippen LogP contribution in [0.4, 0.5) is 13.2 Å². The Morgan fingerprint density at radius 1 is 1.23 bits per heavy atom. The molecule has 0 aromatic carbocycles. The second-order valence-corrected chi connectivity index (χ2v) is 3.58. The van der Waals surface area contributed by atoms with Gasteiger partial charge in [-0.1, -0.05) is 29.0 Å². The molecular weight excluding hydrogens is 298 g/mol. The Labute approximate surface area is 88.4 Å². The van der Waals surface area contributed by atoms with Crippen molar-refractivity contribution in [1.82, 2.24) is 5.32 Å². The summed E-state index contributed by atoms with van der Waals surface area (Å²) in [5.74, 6) is -1.85. The predicted octanol–water partition coefficient (Wildman–Crippen LogP) is 2.27. The minimum absolute atomic E-state index is 0.106. The van der Waals surface area contributed by atoms with Crippen LogP contribution in [0.5, 0.6) is 0 Å². The summed E-state index contributed by atoms with van der Waals surface area (Å²) < 4.78 is 35.8. The molecule has 0 aliphatic heterocycles. The number of hydrogen-bond acceptors (Lipinski definition) is 1. The van der Waals surface area contributed by atoms with Gasteiger partial charge in [-0.3, -0.25) is 4.79 Å². The van der Waals surface area contributed by atoms with Crippen molar-refractivity contribution in [1.29, 1.82) is 0 Å². The van der Waals surface area contributed by atoms with E-state index in [9.17, 15) is 18.0 Å². The Hall–Kier alpha value is -0.0100. The number of amides is 1. The molecule has 1 amide bonds. The molecule has 6 heteroatoms. The lowest BCUT2D eigenvalue weighted by Crippen LogP contribution is -2.37. The highest BCUT2D eigenvalue weighted by Crippen LogP contribution is 2.13. The van der Waals surface area contributed by atoms with Gasteiger partial charge < -0.3 is 5.32 Å². The summed E-state index contributed by atoms with van der Waals surface area (Å²) >= 11 is 2.20. The number of rotatable bonds is 5. The highest BCUT2D eigenvalue weighted by Gasteiger charge is 2.37. The quantitative estimate of drug-likeness (QED) is 0.471. The van der Waals surface area contributed by atoms with E-state index < -0.39 is 12.1 Å². The van der Waals surface area contributed by atoms with Gasteiger partial charge in [0.15, 0.2) is 0 Å². The first kappa shape index (κ1) is 13.0. The zero-order chi connectivity index (χ0) is 10.3. The van der Waals surface area contributed by atoms with E-state index in [0.29, 0.717) is 6.42 Å². The Balaban J connectivity index is 3.38. The van der Waals surface area contributed by atoms with Crippen molar-refractivity contribution in [3.63, 3.8) is 0 Å². The third kappa shape index (κ3) is 7.09. The Morgan fingerprint density at radius 3 is 2.31 bits per heavy atom. The van der Waals surface area contributed by atoms with Gasteiger partial charge in [0.25, 0.3) is 0 Å². The number of alkyl halides is 4. The maximum atomic E-state index is 11.6. The van der Waals surface area contributed by atoms with Crippen molar-refractivity contribution in [3.05, 3.63) is 0 Å². The van der Waals surface area contributed by atoms with E-state index in [1.54, 1.807) is 0 Å². The first-order valence-electron chi connectivity index (χ1n) is 3.89. The van der Waals surface area contributed by atoms with E-state index in [2.05, 4.69) is 22.6 Å². The summed E-state index contributed by atoms with van der Waals surface area (Å²) in [6.07, 6.45) is -2.32. The molecule has 0 atom stereocenters. The standard InChI is InChI=1S/C7H11F3INO/c8-7(9,10)6(13)12-5-3-1-2-4-11/h1-5H2,(H,12,13). The molecule has 0 aliphatic rings. The largest absolute Gasteiger partial charge is 0.471 e. The van der Waals surface area contributed by atoms with Crippen molar-refractivity contribution >= 4 is 28.5 Å². The summed E-state index contributed by atoms with van der Waals surface area (Å²) in [6, 6.07) is 0. The van der Waals surface area contributed by atoms with Gasteiger partial charge >= 0.3 is 12.1 Å². The fraction of sp³-hybridized carbons (Fsp3) is 0.857. The van der Waals surface area contributed by atoms with Crippen LogP contribution in [-0.4, -0.2) is 23.1 Å². The topological polar surface area (TPSA) is 29.1 Å². The minimum Gasteiger partial charge on any atom is -0.348 e. The maximum absolute atomic E-state index is 11.6. The van der Waals surface area contributed by atoms with Crippen LogP contribution in [0, 0.1) is 0 Å². The van der Waals surface area contributed by atoms with Gasteiger partial charge in [0.1, 0.15) is 0 Å². The molecule has 13 heavy (non-hydrogen) atoms. The SMILES string of the molecule is O=C(NCCCCCI)C(F)(F)F. The fourth-order valence-corrected chi connectivity index (χ4v) is 1.24. The number of nitrogens with one attached hydrogen (secondary N) is 1. The fourth-order valence-electron chi connectivity index (χ4n) is 0.698. The lowest BCUT2D eigenvalue weighted by Gasteiger charge is -2.06. The molecule has 0 unspecified atom stereocenters. The van der Waals surface area contributed by atoms with Crippen LogP contribution in [0.25, 0.3) is 0 Å².